The zero-order valence-electron chi connectivity index (χ0n) is 17.1. The molecule has 1 fully saturated rings. The van der Waals surface area contributed by atoms with Crippen molar-refractivity contribution in [2.45, 2.75) is 12.8 Å². The maximum absolute atomic E-state index is 11.2. The first-order valence-corrected chi connectivity index (χ1v) is 10.5. The number of primary amides is 1. The molecule has 0 saturated carbocycles. The van der Waals surface area contributed by atoms with Gasteiger partial charge >= 0.3 is 0 Å². The highest BCUT2D eigenvalue weighted by molar-refractivity contribution is 5.92. The molecule has 6 nitrogen and oxygen atoms in total. The molecule has 3 aromatic rings. The number of fused-ring (bicyclic) bond motifs is 1. The third-order valence-electron chi connectivity index (χ3n) is 6.01. The van der Waals surface area contributed by atoms with E-state index in [0.717, 1.165) is 63.0 Å². The second-order valence-electron chi connectivity index (χ2n) is 7.93. The van der Waals surface area contributed by atoms with E-state index in [4.69, 9.17) is 11.0 Å². The molecule has 6 heteroatoms. The number of nitrogens with one attached hydrogen (secondary N) is 1. The summed E-state index contributed by atoms with van der Waals surface area (Å²) >= 11 is 0. The molecule has 0 bridgehead atoms. The van der Waals surface area contributed by atoms with E-state index >= 15 is 0 Å². The summed E-state index contributed by atoms with van der Waals surface area (Å²) in [5.41, 5.74) is 10.2. The molecular formula is C24H27N5O. The number of benzene rings is 2. The second kappa shape index (κ2) is 9.12. The number of hydrogen-bond acceptors (Lipinski definition) is 4. The Kier molecular flexibility index (Phi) is 6.12. The van der Waals surface area contributed by atoms with Gasteiger partial charge in [-0.25, -0.2) is 0 Å². The fourth-order valence-corrected chi connectivity index (χ4v) is 4.09. The summed E-state index contributed by atoms with van der Waals surface area (Å²) in [5.74, 6) is -0.379. The van der Waals surface area contributed by atoms with Crippen LogP contribution in [-0.2, 0) is 12.8 Å². The number of carbonyl (C=O) groups is 1. The number of nitrogens with two attached hydrogens (primary N) is 1. The quantitative estimate of drug-likeness (QED) is 0.637. The molecule has 1 saturated heterocycles. The molecule has 1 aliphatic heterocycles. The fourth-order valence-electron chi connectivity index (χ4n) is 4.09. The van der Waals surface area contributed by atoms with Crippen LogP contribution in [0.4, 0.5) is 0 Å². The molecule has 1 aliphatic rings. The molecule has 154 valence electrons. The summed E-state index contributed by atoms with van der Waals surface area (Å²) < 4.78 is 0. The first kappa shape index (κ1) is 20.1. The van der Waals surface area contributed by atoms with Crippen LogP contribution in [0.2, 0.25) is 0 Å². The maximum atomic E-state index is 11.2. The smallest absolute Gasteiger partial charge is 0.248 e. The minimum atomic E-state index is -0.379. The van der Waals surface area contributed by atoms with Crippen molar-refractivity contribution in [1.82, 2.24) is 14.8 Å². The van der Waals surface area contributed by atoms with Gasteiger partial charge in [-0.2, -0.15) is 5.26 Å². The normalized spacial score (nSPS) is 15.3. The van der Waals surface area contributed by atoms with E-state index in [1.54, 1.807) is 12.1 Å². The van der Waals surface area contributed by atoms with E-state index in [1.807, 2.05) is 30.3 Å². The number of hydrogen-bond donors (Lipinski definition) is 2. The van der Waals surface area contributed by atoms with Crippen LogP contribution in [-0.4, -0.2) is 60.0 Å². The summed E-state index contributed by atoms with van der Waals surface area (Å²) in [6, 6.07) is 15.6. The van der Waals surface area contributed by atoms with Crippen molar-refractivity contribution in [3.05, 3.63) is 70.9 Å². The summed E-state index contributed by atoms with van der Waals surface area (Å²) in [5, 5.41) is 10.3. The molecule has 3 N–H and O–H groups in total. The number of piperazine rings is 1. The second-order valence-corrected chi connectivity index (χ2v) is 7.93. The number of aromatic amines is 1. The van der Waals surface area contributed by atoms with Crippen LogP contribution < -0.4 is 5.73 Å². The zero-order valence-corrected chi connectivity index (χ0v) is 17.1. The molecule has 1 aromatic heterocycles. The van der Waals surface area contributed by atoms with Crippen LogP contribution in [0, 0.1) is 11.3 Å². The van der Waals surface area contributed by atoms with Crippen LogP contribution in [0.3, 0.4) is 0 Å². The van der Waals surface area contributed by atoms with E-state index in [1.165, 1.54) is 11.1 Å². The van der Waals surface area contributed by atoms with Gasteiger partial charge in [0.15, 0.2) is 0 Å². The van der Waals surface area contributed by atoms with Crippen LogP contribution in [0.5, 0.6) is 0 Å². The topological polar surface area (TPSA) is 89.2 Å². The Morgan fingerprint density at radius 2 is 1.67 bits per heavy atom. The Balaban J connectivity index is 1.23. The lowest BCUT2D eigenvalue weighted by Crippen LogP contribution is -2.47. The first-order valence-electron chi connectivity index (χ1n) is 10.5. The highest BCUT2D eigenvalue weighted by Gasteiger charge is 2.17. The highest BCUT2D eigenvalue weighted by atomic mass is 16.1. The molecule has 0 atom stereocenters. The third kappa shape index (κ3) is 4.70. The largest absolute Gasteiger partial charge is 0.366 e. The molecule has 0 unspecified atom stereocenters. The van der Waals surface area contributed by atoms with E-state index in [-0.39, 0.29) is 5.91 Å². The van der Waals surface area contributed by atoms with Crippen molar-refractivity contribution in [3.8, 4) is 6.07 Å². The van der Waals surface area contributed by atoms with Crippen molar-refractivity contribution >= 4 is 16.8 Å². The Morgan fingerprint density at radius 1 is 1.00 bits per heavy atom. The van der Waals surface area contributed by atoms with Crippen molar-refractivity contribution in [2.75, 3.05) is 39.3 Å². The van der Waals surface area contributed by atoms with Gasteiger partial charge in [0.25, 0.3) is 0 Å². The van der Waals surface area contributed by atoms with Gasteiger partial charge in [0, 0.05) is 61.9 Å². The molecule has 0 radical (unpaired) electrons. The summed E-state index contributed by atoms with van der Waals surface area (Å²) in [7, 11) is 0. The van der Waals surface area contributed by atoms with Gasteiger partial charge < -0.3 is 20.5 Å². The van der Waals surface area contributed by atoms with Gasteiger partial charge in [0.1, 0.15) is 0 Å². The molecule has 2 heterocycles. The lowest BCUT2D eigenvalue weighted by atomic mass is 10.1. The van der Waals surface area contributed by atoms with E-state index in [0.29, 0.717) is 11.1 Å². The predicted octanol–water partition coefficient (Wildman–Crippen LogP) is 2.54. The average molecular weight is 402 g/mol. The predicted molar refractivity (Wildman–Crippen MR) is 118 cm³/mol. The third-order valence-corrected chi connectivity index (χ3v) is 6.01. The average Bonchev–Trinajstić information content (AvgIpc) is 3.19. The van der Waals surface area contributed by atoms with Gasteiger partial charge in [-0.05, 0) is 54.3 Å². The van der Waals surface area contributed by atoms with Crippen molar-refractivity contribution < 1.29 is 4.79 Å². The monoisotopic (exact) mass is 401 g/mol. The van der Waals surface area contributed by atoms with Gasteiger partial charge in [-0.1, -0.05) is 12.1 Å². The minimum absolute atomic E-state index is 0.379. The number of nitrogens with zero attached hydrogens (tertiary/aromatic N) is 3. The summed E-state index contributed by atoms with van der Waals surface area (Å²) in [6.45, 7) is 6.37. The number of amides is 1. The Hall–Kier alpha value is -3.14. The number of aromatic nitrogens is 1. The molecule has 1 amide bonds. The highest BCUT2D eigenvalue weighted by Crippen LogP contribution is 2.20. The van der Waals surface area contributed by atoms with Crippen LogP contribution >= 0.6 is 0 Å². The van der Waals surface area contributed by atoms with Gasteiger partial charge in [-0.15, -0.1) is 0 Å². The molecule has 0 aliphatic carbocycles. The molecule has 2 aromatic carbocycles. The summed E-state index contributed by atoms with van der Waals surface area (Å²) in [6.07, 6.45) is 4.04. The zero-order chi connectivity index (χ0) is 20.9. The van der Waals surface area contributed by atoms with E-state index in [9.17, 15) is 4.79 Å². The molecule has 0 spiro atoms. The Labute approximate surface area is 176 Å². The van der Waals surface area contributed by atoms with Crippen molar-refractivity contribution in [2.24, 2.45) is 5.73 Å². The maximum Gasteiger partial charge on any atom is 0.248 e. The van der Waals surface area contributed by atoms with Gasteiger partial charge in [0.05, 0.1) is 11.6 Å². The Morgan fingerprint density at radius 3 is 2.30 bits per heavy atom. The number of carbonyl (C=O) groups excluding carboxylic acids is 1. The lowest BCUT2D eigenvalue weighted by Gasteiger charge is -2.34. The number of H-pyrrole nitrogens is 1. The molecule has 4 rings (SSSR count). The van der Waals surface area contributed by atoms with Crippen LogP contribution in [0.15, 0.2) is 48.7 Å². The van der Waals surface area contributed by atoms with Crippen LogP contribution in [0.1, 0.15) is 27.0 Å². The van der Waals surface area contributed by atoms with E-state index in [2.05, 4.69) is 27.0 Å². The van der Waals surface area contributed by atoms with Gasteiger partial charge in [-0.3, -0.25) is 4.79 Å². The molecular weight excluding hydrogens is 374 g/mol. The van der Waals surface area contributed by atoms with E-state index < -0.39 is 0 Å². The Bertz CT molecular complexity index is 1060. The number of rotatable bonds is 7. The van der Waals surface area contributed by atoms with Crippen molar-refractivity contribution in [1.29, 1.82) is 5.26 Å². The SMILES string of the molecule is N#Cc1ccc2[nH]cc(CCN3CCN(CCc4ccc(C(N)=O)cc4)CC3)c2c1. The first-order chi connectivity index (χ1) is 14.6. The minimum Gasteiger partial charge on any atom is -0.366 e. The standard InChI is InChI=1S/C24H27N5O/c25-16-19-3-6-23-22(15-19)21(17-27-23)8-10-29-13-11-28(12-14-29)9-7-18-1-4-20(5-2-18)24(26)30/h1-6,15,17,27H,7-14H2,(H2,26,30). The summed E-state index contributed by atoms with van der Waals surface area (Å²) in [4.78, 5) is 19.5. The van der Waals surface area contributed by atoms with Gasteiger partial charge in [0.2, 0.25) is 5.91 Å². The number of nitriles is 1. The molecule has 30 heavy (non-hydrogen) atoms. The lowest BCUT2D eigenvalue weighted by molar-refractivity contribution is 0.100. The van der Waals surface area contributed by atoms with Crippen molar-refractivity contribution in [3.63, 3.8) is 0 Å². The fraction of sp³-hybridized carbons (Fsp3) is 0.333. The van der Waals surface area contributed by atoms with Crippen LogP contribution in [0.25, 0.3) is 10.9 Å².